The van der Waals surface area contributed by atoms with Gasteiger partial charge in [0.2, 0.25) is 5.78 Å². The zero-order valence-electron chi connectivity index (χ0n) is 17.9. The van der Waals surface area contributed by atoms with Gasteiger partial charge in [-0.25, -0.2) is 0 Å². The molecule has 0 radical (unpaired) electrons. The lowest BCUT2D eigenvalue weighted by Crippen LogP contribution is -2.15. The topological polar surface area (TPSA) is 99.3 Å². The average molecular weight is 478 g/mol. The molecule has 0 bridgehead atoms. The van der Waals surface area contributed by atoms with Crippen molar-refractivity contribution in [2.45, 2.75) is 6.92 Å². The Balaban J connectivity index is 2.00. The van der Waals surface area contributed by atoms with Gasteiger partial charge >= 0.3 is 0 Å². The highest BCUT2D eigenvalue weighted by Gasteiger charge is 2.23. The van der Waals surface area contributed by atoms with Gasteiger partial charge in [0.05, 0.1) is 11.4 Å². The number of thioether (sulfide) groups is 1. The van der Waals surface area contributed by atoms with Crippen LogP contribution in [0.5, 0.6) is 0 Å². The summed E-state index contributed by atoms with van der Waals surface area (Å²) in [6.07, 6.45) is 1.72. The van der Waals surface area contributed by atoms with Crippen LogP contribution in [-0.2, 0) is 11.8 Å². The number of Topliss-reactive ketones (excluding diaryl/α,β-unsaturated/α-hetero) is 2. The highest BCUT2D eigenvalue weighted by Crippen LogP contribution is 2.27. The molecule has 3 aromatic rings. The Hall–Kier alpha value is -3.80. The van der Waals surface area contributed by atoms with E-state index < -0.39 is 5.78 Å². The van der Waals surface area contributed by atoms with Crippen LogP contribution in [0, 0.1) is 11.3 Å². The van der Waals surface area contributed by atoms with Gasteiger partial charge in [-0.15, -0.1) is 0 Å². The molecule has 1 aromatic heterocycles. The second-order valence-corrected chi connectivity index (χ2v) is 8.27. The van der Waals surface area contributed by atoms with Gasteiger partial charge in [-0.1, -0.05) is 29.8 Å². The standard InChI is InChI=1S/C24H20ClN5O2S/c1-16(31)23(29-28-19-12-10-17(25)11-13-19)33-24(27-18-7-4-3-5-8-18)20(15-26)22(32)21-9-6-14-30(21)2/h3-14,27-28H,1-2H3/b24-20-,29-23+. The Bertz CT molecular complexity index is 1260. The molecule has 2 N–H and O–H groups in total. The van der Waals surface area contributed by atoms with Crippen LogP contribution < -0.4 is 10.7 Å². The third-order valence-electron chi connectivity index (χ3n) is 4.40. The first-order valence-electron chi connectivity index (χ1n) is 9.79. The predicted octanol–water partition coefficient (Wildman–Crippen LogP) is 5.46. The molecule has 0 saturated heterocycles. The van der Waals surface area contributed by atoms with Gasteiger partial charge in [-0.2, -0.15) is 10.4 Å². The quantitative estimate of drug-likeness (QED) is 0.112. The van der Waals surface area contributed by atoms with E-state index in [4.69, 9.17) is 11.6 Å². The van der Waals surface area contributed by atoms with E-state index in [-0.39, 0.29) is 21.4 Å². The SMILES string of the molecule is CC(=O)/C(=N\Nc1ccc(Cl)cc1)S/C(Nc1ccccc1)=C(/C#N)C(=O)c1cccn1C. The molecule has 0 saturated carbocycles. The summed E-state index contributed by atoms with van der Waals surface area (Å²) in [5, 5.41) is 18.0. The van der Waals surface area contributed by atoms with Gasteiger partial charge < -0.3 is 9.88 Å². The number of aryl methyl sites for hydroxylation is 1. The van der Waals surface area contributed by atoms with E-state index in [1.54, 1.807) is 66.3 Å². The number of nitrogens with zero attached hydrogens (tertiary/aromatic N) is 3. The molecular formula is C24H20ClN5O2S. The Morgan fingerprint density at radius 3 is 2.30 bits per heavy atom. The first kappa shape index (κ1) is 23.9. The van der Waals surface area contributed by atoms with Crippen LogP contribution >= 0.6 is 23.4 Å². The lowest BCUT2D eigenvalue weighted by Gasteiger charge is -2.14. The molecule has 0 atom stereocenters. The summed E-state index contributed by atoms with van der Waals surface area (Å²) in [6.45, 7) is 1.36. The normalized spacial score (nSPS) is 11.9. The number of benzene rings is 2. The maximum absolute atomic E-state index is 13.1. The highest BCUT2D eigenvalue weighted by atomic mass is 35.5. The number of aromatic nitrogens is 1. The second kappa shape index (κ2) is 11.2. The second-order valence-electron chi connectivity index (χ2n) is 6.83. The van der Waals surface area contributed by atoms with Gasteiger partial charge in [0.15, 0.2) is 10.8 Å². The van der Waals surface area contributed by atoms with Crippen molar-refractivity contribution in [3.05, 3.63) is 94.2 Å². The van der Waals surface area contributed by atoms with Crippen LogP contribution in [0.2, 0.25) is 5.02 Å². The van der Waals surface area contributed by atoms with Crippen molar-refractivity contribution in [2.75, 3.05) is 10.7 Å². The van der Waals surface area contributed by atoms with Crippen LogP contribution in [0.4, 0.5) is 11.4 Å². The molecule has 166 valence electrons. The molecule has 0 aliphatic heterocycles. The van der Waals surface area contributed by atoms with E-state index in [0.29, 0.717) is 22.1 Å². The number of ketones is 2. The van der Waals surface area contributed by atoms with Crippen LogP contribution in [0.3, 0.4) is 0 Å². The Labute approximate surface area is 200 Å². The minimum Gasteiger partial charge on any atom is -0.349 e. The molecule has 33 heavy (non-hydrogen) atoms. The number of hydrogen-bond acceptors (Lipinski definition) is 7. The van der Waals surface area contributed by atoms with E-state index in [0.717, 1.165) is 11.8 Å². The van der Waals surface area contributed by atoms with Crippen LogP contribution in [0.15, 0.2) is 88.6 Å². The maximum Gasteiger partial charge on any atom is 0.222 e. The molecule has 0 unspecified atom stereocenters. The van der Waals surface area contributed by atoms with Crippen molar-refractivity contribution in [3.63, 3.8) is 0 Å². The number of hydrogen-bond donors (Lipinski definition) is 2. The average Bonchev–Trinajstić information content (AvgIpc) is 3.24. The molecule has 0 spiro atoms. The molecule has 3 rings (SSSR count). The van der Waals surface area contributed by atoms with Crippen molar-refractivity contribution in [1.82, 2.24) is 4.57 Å². The Morgan fingerprint density at radius 1 is 1.03 bits per heavy atom. The number of carbonyl (C=O) groups excluding carboxylic acids is 2. The van der Waals surface area contributed by atoms with Crippen molar-refractivity contribution in [1.29, 1.82) is 5.26 Å². The van der Waals surface area contributed by atoms with Gasteiger partial charge in [0.25, 0.3) is 0 Å². The lowest BCUT2D eigenvalue weighted by atomic mass is 10.1. The van der Waals surface area contributed by atoms with Gasteiger partial charge in [0, 0.05) is 30.9 Å². The van der Waals surface area contributed by atoms with Crippen molar-refractivity contribution in [2.24, 2.45) is 12.1 Å². The summed E-state index contributed by atoms with van der Waals surface area (Å²) in [5.41, 5.74) is 4.30. The van der Waals surface area contributed by atoms with Crippen LogP contribution in [0.1, 0.15) is 17.4 Å². The molecule has 0 amide bonds. The fourth-order valence-corrected chi connectivity index (χ4v) is 3.69. The number of nitriles is 1. The van der Waals surface area contributed by atoms with E-state index in [1.165, 1.54) is 6.92 Å². The first-order chi connectivity index (χ1) is 15.9. The van der Waals surface area contributed by atoms with Crippen LogP contribution in [-0.4, -0.2) is 21.2 Å². The minimum atomic E-state index is -0.468. The van der Waals surface area contributed by atoms with Crippen molar-refractivity contribution < 1.29 is 9.59 Å². The first-order valence-corrected chi connectivity index (χ1v) is 11.0. The minimum absolute atomic E-state index is 0.0656. The summed E-state index contributed by atoms with van der Waals surface area (Å²) in [7, 11) is 1.72. The zero-order chi connectivity index (χ0) is 23.8. The van der Waals surface area contributed by atoms with Crippen molar-refractivity contribution in [3.8, 4) is 6.07 Å². The smallest absolute Gasteiger partial charge is 0.222 e. The predicted molar refractivity (Wildman–Crippen MR) is 133 cm³/mol. The van der Waals surface area contributed by atoms with Gasteiger partial charge in [0.1, 0.15) is 16.7 Å². The third kappa shape index (κ3) is 6.35. The number of para-hydroxylation sites is 1. The molecular weight excluding hydrogens is 458 g/mol. The van der Waals surface area contributed by atoms with E-state index in [9.17, 15) is 14.9 Å². The number of anilines is 2. The van der Waals surface area contributed by atoms with E-state index >= 15 is 0 Å². The summed E-state index contributed by atoms with van der Waals surface area (Å²) in [6, 6.07) is 21.2. The number of allylic oxidation sites excluding steroid dienone is 1. The third-order valence-corrected chi connectivity index (χ3v) is 5.74. The fraction of sp³-hybridized carbons (Fsp3) is 0.0833. The van der Waals surface area contributed by atoms with Crippen molar-refractivity contribution >= 4 is 51.3 Å². The number of hydrazone groups is 1. The zero-order valence-corrected chi connectivity index (χ0v) is 19.4. The molecule has 0 aliphatic carbocycles. The largest absolute Gasteiger partial charge is 0.349 e. The molecule has 7 nitrogen and oxygen atoms in total. The maximum atomic E-state index is 13.1. The number of halogens is 1. The Kier molecular flexibility index (Phi) is 8.08. The van der Waals surface area contributed by atoms with Gasteiger partial charge in [-0.3, -0.25) is 15.0 Å². The van der Waals surface area contributed by atoms with E-state index in [2.05, 4.69) is 15.8 Å². The Morgan fingerprint density at radius 2 is 1.73 bits per heavy atom. The number of nitrogens with one attached hydrogen (secondary N) is 2. The molecule has 0 fully saturated rings. The molecule has 1 heterocycles. The van der Waals surface area contributed by atoms with E-state index in [1.807, 2.05) is 24.3 Å². The number of carbonyl (C=O) groups is 2. The lowest BCUT2D eigenvalue weighted by molar-refractivity contribution is -0.110. The molecule has 2 aromatic carbocycles. The van der Waals surface area contributed by atoms with Crippen LogP contribution in [0.25, 0.3) is 0 Å². The fourth-order valence-electron chi connectivity index (χ4n) is 2.73. The summed E-state index contributed by atoms with van der Waals surface area (Å²) < 4.78 is 1.63. The monoisotopic (exact) mass is 477 g/mol. The summed E-state index contributed by atoms with van der Waals surface area (Å²) >= 11 is 6.81. The molecule has 0 aliphatic rings. The summed E-state index contributed by atoms with van der Waals surface area (Å²) in [5.74, 6) is -0.804. The summed E-state index contributed by atoms with van der Waals surface area (Å²) in [4.78, 5) is 25.5. The molecule has 9 heteroatoms. The highest BCUT2D eigenvalue weighted by molar-refractivity contribution is 8.19. The van der Waals surface area contributed by atoms with Gasteiger partial charge in [-0.05, 0) is 60.3 Å². The number of rotatable bonds is 8.